The summed E-state index contributed by atoms with van der Waals surface area (Å²) in [5, 5.41) is 11.2. The highest BCUT2D eigenvalue weighted by molar-refractivity contribution is 7.11. The molecule has 8 heteroatoms. The Bertz CT molecular complexity index is 1520. The van der Waals surface area contributed by atoms with Crippen LogP contribution in [-0.4, -0.2) is 34.2 Å². The highest BCUT2D eigenvalue weighted by Crippen LogP contribution is 2.45. The number of rotatable bonds is 5. The topological polar surface area (TPSA) is 71.9 Å². The maximum absolute atomic E-state index is 13.5. The lowest BCUT2D eigenvalue weighted by Gasteiger charge is -2.28. The van der Waals surface area contributed by atoms with Crippen LogP contribution in [0.4, 0.5) is 0 Å². The lowest BCUT2D eigenvalue weighted by molar-refractivity contribution is -0.136. The molecule has 0 radical (unpaired) electrons. The molecular weight excluding hydrogens is 502 g/mol. The van der Waals surface area contributed by atoms with Gasteiger partial charge in [0.05, 0.1) is 22.8 Å². The van der Waals surface area contributed by atoms with Gasteiger partial charge < -0.3 is 4.74 Å². The number of hydrogen-bond donors (Lipinski definition) is 0. The average Bonchev–Trinajstić information content (AvgIpc) is 3.68. The van der Waals surface area contributed by atoms with Crippen LogP contribution in [0.15, 0.2) is 76.0 Å². The van der Waals surface area contributed by atoms with E-state index in [0.29, 0.717) is 10.9 Å². The van der Waals surface area contributed by atoms with Crippen molar-refractivity contribution in [2.45, 2.75) is 32.2 Å². The summed E-state index contributed by atoms with van der Waals surface area (Å²) < 4.78 is 5.56. The van der Waals surface area contributed by atoms with Crippen LogP contribution in [0, 0.1) is 12.8 Å². The molecule has 6 nitrogen and oxygen atoms in total. The molecule has 2 aliphatic rings. The molecule has 0 bridgehead atoms. The van der Waals surface area contributed by atoms with E-state index in [1.54, 1.807) is 33.7 Å². The molecule has 37 heavy (non-hydrogen) atoms. The van der Waals surface area contributed by atoms with Crippen molar-refractivity contribution in [2.75, 3.05) is 6.61 Å². The van der Waals surface area contributed by atoms with Gasteiger partial charge >= 0.3 is 5.97 Å². The molecule has 4 heterocycles. The maximum Gasteiger partial charge on any atom is 0.339 e. The van der Waals surface area contributed by atoms with Crippen molar-refractivity contribution >= 4 is 57.2 Å². The second kappa shape index (κ2) is 10.0. The highest BCUT2D eigenvalue weighted by atomic mass is 32.1. The molecule has 4 aromatic rings. The summed E-state index contributed by atoms with van der Waals surface area (Å²) >= 11 is 3.32. The average molecular weight is 528 g/mol. The van der Waals surface area contributed by atoms with Crippen molar-refractivity contribution in [2.24, 2.45) is 11.0 Å². The molecule has 0 N–H and O–H groups in total. The first kappa shape index (κ1) is 23.8. The van der Waals surface area contributed by atoms with Gasteiger partial charge in [-0.25, -0.2) is 9.80 Å². The molecule has 0 saturated heterocycles. The number of carbonyl (C=O) groups is 2. The van der Waals surface area contributed by atoms with Crippen LogP contribution in [0.3, 0.4) is 0 Å². The normalized spacial score (nSPS) is 20.2. The van der Waals surface area contributed by atoms with Gasteiger partial charge in [-0.3, -0.25) is 9.78 Å². The Morgan fingerprint density at radius 1 is 1.11 bits per heavy atom. The Kier molecular flexibility index (Phi) is 6.44. The molecule has 0 spiro atoms. The third-order valence-electron chi connectivity index (χ3n) is 6.84. The largest absolute Gasteiger partial charge is 0.452 e. The summed E-state index contributed by atoms with van der Waals surface area (Å²) in [6.45, 7) is 1.47. The second-order valence-corrected chi connectivity index (χ2v) is 11.2. The molecule has 3 aromatic heterocycles. The van der Waals surface area contributed by atoms with Gasteiger partial charge in [0, 0.05) is 26.8 Å². The zero-order chi connectivity index (χ0) is 25.4. The molecular formula is C29H25N3O3S2. The van der Waals surface area contributed by atoms with Crippen LogP contribution in [0.2, 0.25) is 0 Å². The van der Waals surface area contributed by atoms with E-state index in [4.69, 9.17) is 9.84 Å². The number of esters is 1. The van der Waals surface area contributed by atoms with Crippen molar-refractivity contribution in [3.05, 3.63) is 91.9 Å². The van der Waals surface area contributed by atoms with Gasteiger partial charge in [-0.2, -0.15) is 5.10 Å². The van der Waals surface area contributed by atoms with Gasteiger partial charge in [-0.05, 0) is 72.9 Å². The van der Waals surface area contributed by atoms with Crippen LogP contribution in [-0.2, 0) is 9.53 Å². The van der Waals surface area contributed by atoms with Crippen LogP contribution in [0.5, 0.6) is 0 Å². The summed E-state index contributed by atoms with van der Waals surface area (Å²) in [4.78, 5) is 33.3. The third-order valence-corrected chi connectivity index (χ3v) is 8.60. The number of thiophene rings is 2. The van der Waals surface area contributed by atoms with E-state index in [1.807, 2.05) is 48.7 Å². The summed E-state index contributed by atoms with van der Waals surface area (Å²) in [6, 6.07) is 17.2. The van der Waals surface area contributed by atoms with Gasteiger partial charge in [-0.15, -0.1) is 22.7 Å². The van der Waals surface area contributed by atoms with Crippen molar-refractivity contribution in [3.63, 3.8) is 0 Å². The van der Waals surface area contributed by atoms with E-state index in [9.17, 15) is 9.59 Å². The Morgan fingerprint density at radius 3 is 2.76 bits per heavy atom. The minimum atomic E-state index is -0.537. The number of aryl methyl sites for hydroxylation is 1. The Balaban J connectivity index is 1.27. The fourth-order valence-electron chi connectivity index (χ4n) is 5.24. The van der Waals surface area contributed by atoms with E-state index in [-0.39, 0.29) is 24.5 Å². The first-order chi connectivity index (χ1) is 18.1. The first-order valence-corrected chi connectivity index (χ1v) is 14.1. The first-order valence-electron chi connectivity index (χ1n) is 12.3. The molecule has 1 amide bonds. The minimum absolute atomic E-state index is 0.130. The smallest absolute Gasteiger partial charge is 0.339 e. The van der Waals surface area contributed by atoms with Crippen LogP contribution in [0.1, 0.15) is 51.1 Å². The number of hydrogen-bond acceptors (Lipinski definition) is 7. The number of allylic oxidation sites excluding steroid dienone is 1. The summed E-state index contributed by atoms with van der Waals surface area (Å²) in [5.74, 6) is -0.727. The minimum Gasteiger partial charge on any atom is -0.452 e. The monoisotopic (exact) mass is 527 g/mol. The number of aromatic nitrogens is 1. The van der Waals surface area contributed by atoms with E-state index in [0.717, 1.165) is 41.1 Å². The SMILES string of the molecule is Cc1cc(C(=O)OCC(=O)N2N=C3/C(=C\c4cccs4)CCC[C@H]3[C@@H]2c2cccs2)c2ccccc2n1. The Morgan fingerprint density at radius 2 is 1.95 bits per heavy atom. The van der Waals surface area contributed by atoms with E-state index in [1.165, 1.54) is 10.5 Å². The molecule has 2 atom stereocenters. The maximum atomic E-state index is 13.5. The van der Waals surface area contributed by atoms with Crippen molar-refractivity contribution in [1.82, 2.24) is 9.99 Å². The third kappa shape index (κ3) is 4.63. The molecule has 1 fully saturated rings. The number of carbonyl (C=O) groups excluding carboxylic acids is 2. The Hall–Kier alpha value is -3.62. The van der Waals surface area contributed by atoms with Gasteiger partial charge in [0.1, 0.15) is 0 Å². The number of pyridine rings is 1. The molecule has 1 aliphatic carbocycles. The number of para-hydroxylation sites is 1. The van der Waals surface area contributed by atoms with Gasteiger partial charge in [-0.1, -0.05) is 30.3 Å². The number of amides is 1. The van der Waals surface area contributed by atoms with E-state index < -0.39 is 5.97 Å². The van der Waals surface area contributed by atoms with Crippen molar-refractivity contribution < 1.29 is 14.3 Å². The Labute approximate surface area is 222 Å². The number of benzene rings is 1. The highest BCUT2D eigenvalue weighted by Gasteiger charge is 2.44. The van der Waals surface area contributed by atoms with E-state index >= 15 is 0 Å². The molecule has 6 rings (SSSR count). The van der Waals surface area contributed by atoms with E-state index in [2.05, 4.69) is 28.6 Å². The van der Waals surface area contributed by atoms with Crippen LogP contribution in [0.25, 0.3) is 17.0 Å². The van der Waals surface area contributed by atoms with Crippen molar-refractivity contribution in [1.29, 1.82) is 0 Å². The number of hydrazone groups is 1. The standard InChI is InChI=1S/C29H25N3O3S2/c1-18-15-23(21-9-2-3-11-24(21)30-18)29(34)35-17-26(33)32-28(25-12-6-14-37-25)22-10-4-7-19(27(22)31-32)16-20-8-5-13-36-20/h2-3,5-6,8-9,11-16,22,28H,4,7,10,17H2,1H3/b19-16-/t22-,28-/m1/s1. The fourth-order valence-corrected chi connectivity index (χ4v) is 6.79. The van der Waals surface area contributed by atoms with Gasteiger partial charge in [0.15, 0.2) is 6.61 Å². The summed E-state index contributed by atoms with van der Waals surface area (Å²) in [5.41, 5.74) is 4.02. The van der Waals surface area contributed by atoms with Gasteiger partial charge in [0.2, 0.25) is 0 Å². The quantitative estimate of drug-likeness (QED) is 0.273. The van der Waals surface area contributed by atoms with Crippen LogP contribution < -0.4 is 0 Å². The zero-order valence-corrected chi connectivity index (χ0v) is 21.9. The molecule has 1 aliphatic heterocycles. The summed E-state index contributed by atoms with van der Waals surface area (Å²) in [6.07, 6.45) is 5.16. The number of ether oxygens (including phenoxy) is 1. The predicted octanol–water partition coefficient (Wildman–Crippen LogP) is 6.65. The van der Waals surface area contributed by atoms with Crippen LogP contribution >= 0.6 is 22.7 Å². The molecule has 186 valence electrons. The predicted molar refractivity (Wildman–Crippen MR) is 148 cm³/mol. The lowest BCUT2D eigenvalue weighted by Crippen LogP contribution is -2.34. The summed E-state index contributed by atoms with van der Waals surface area (Å²) in [7, 11) is 0. The number of nitrogens with zero attached hydrogens (tertiary/aromatic N) is 3. The number of fused-ring (bicyclic) bond motifs is 2. The fraction of sp³-hybridized carbons (Fsp3) is 0.241. The molecule has 1 aromatic carbocycles. The lowest BCUT2D eigenvalue weighted by atomic mass is 9.79. The second-order valence-electron chi connectivity index (χ2n) is 9.27. The zero-order valence-electron chi connectivity index (χ0n) is 20.3. The van der Waals surface area contributed by atoms with Crippen molar-refractivity contribution in [3.8, 4) is 0 Å². The molecule has 0 unspecified atom stereocenters. The van der Waals surface area contributed by atoms with Gasteiger partial charge in [0.25, 0.3) is 5.91 Å². The molecule has 1 saturated carbocycles.